The summed E-state index contributed by atoms with van der Waals surface area (Å²) in [6, 6.07) is 0. The van der Waals surface area contributed by atoms with Crippen molar-refractivity contribution in [3.05, 3.63) is 23.8 Å². The minimum absolute atomic E-state index is 0.0934. The van der Waals surface area contributed by atoms with E-state index in [1.807, 2.05) is 13.8 Å². The van der Waals surface area contributed by atoms with Crippen molar-refractivity contribution >= 4 is 29.7 Å². The van der Waals surface area contributed by atoms with Crippen molar-refractivity contribution in [2.75, 3.05) is 6.61 Å². The van der Waals surface area contributed by atoms with Crippen LogP contribution < -0.4 is 0 Å². The smallest absolute Gasteiger partial charge is 0.331 e. The second-order valence-corrected chi connectivity index (χ2v) is 11.6. The highest BCUT2D eigenvalue weighted by atomic mass is 16.6. The van der Waals surface area contributed by atoms with Gasteiger partial charge in [0.25, 0.3) is 0 Å². The first-order valence-electron chi connectivity index (χ1n) is 13.9. The minimum Gasteiger partial charge on any atom is -0.462 e. The van der Waals surface area contributed by atoms with Crippen molar-refractivity contribution < 1.29 is 47.7 Å². The van der Waals surface area contributed by atoms with Crippen molar-refractivity contribution in [3.8, 4) is 0 Å². The molecule has 222 valence electrons. The lowest BCUT2D eigenvalue weighted by molar-refractivity contribution is -0.183. The molecule has 1 heterocycles. The Kier molecular flexibility index (Phi) is 9.65. The Morgan fingerprint density at radius 2 is 1.68 bits per heavy atom. The molecule has 3 rings (SSSR count). The zero-order valence-electron chi connectivity index (χ0n) is 24.7. The third-order valence-corrected chi connectivity index (χ3v) is 8.58. The van der Waals surface area contributed by atoms with Gasteiger partial charge in [0.05, 0.1) is 24.0 Å². The van der Waals surface area contributed by atoms with E-state index >= 15 is 0 Å². The normalized spacial score (nSPS) is 33.8. The molecule has 0 bridgehead atoms. The lowest BCUT2D eigenvalue weighted by Crippen LogP contribution is -2.57. The number of hydrogen-bond donors (Lipinski definition) is 0. The van der Waals surface area contributed by atoms with Crippen molar-refractivity contribution in [1.29, 1.82) is 0 Å². The van der Waals surface area contributed by atoms with Crippen LogP contribution in [-0.4, -0.2) is 66.3 Å². The molecule has 40 heavy (non-hydrogen) atoms. The summed E-state index contributed by atoms with van der Waals surface area (Å²) < 4.78 is 28.5. The lowest BCUT2D eigenvalue weighted by Gasteiger charge is -2.48. The molecule has 2 aliphatic carbocycles. The Hall–Kier alpha value is -3.01. The van der Waals surface area contributed by atoms with Crippen LogP contribution >= 0.6 is 0 Å². The lowest BCUT2D eigenvalue weighted by atomic mass is 9.61. The van der Waals surface area contributed by atoms with Crippen molar-refractivity contribution in [2.45, 2.75) is 98.2 Å². The first kappa shape index (κ1) is 31.5. The summed E-state index contributed by atoms with van der Waals surface area (Å²) in [7, 11) is 0. The molecule has 0 amide bonds. The molecule has 0 radical (unpaired) electrons. The Balaban J connectivity index is 2.03. The average Bonchev–Trinajstić information content (AvgIpc) is 3.49. The van der Waals surface area contributed by atoms with Crippen LogP contribution in [0.3, 0.4) is 0 Å². The summed E-state index contributed by atoms with van der Waals surface area (Å²) in [5.41, 5.74) is 0.182. The molecule has 3 aliphatic rings. The van der Waals surface area contributed by atoms with E-state index in [-0.39, 0.29) is 12.2 Å². The van der Waals surface area contributed by atoms with E-state index in [2.05, 4.69) is 6.58 Å². The van der Waals surface area contributed by atoms with E-state index in [0.29, 0.717) is 24.2 Å². The predicted molar refractivity (Wildman–Crippen MR) is 143 cm³/mol. The van der Waals surface area contributed by atoms with Gasteiger partial charge in [0, 0.05) is 32.3 Å². The summed E-state index contributed by atoms with van der Waals surface area (Å²) in [6.45, 7) is 17.6. The quantitative estimate of drug-likeness (QED) is 0.128. The Morgan fingerprint density at radius 3 is 2.20 bits per heavy atom. The molecule has 0 spiro atoms. The Bertz CT molecular complexity index is 1090. The molecule has 0 aromatic carbocycles. The van der Waals surface area contributed by atoms with Crippen LogP contribution in [0.1, 0.15) is 68.2 Å². The molecule has 2 saturated carbocycles. The third-order valence-electron chi connectivity index (χ3n) is 8.58. The van der Waals surface area contributed by atoms with E-state index in [1.54, 1.807) is 27.7 Å². The van der Waals surface area contributed by atoms with E-state index in [0.717, 1.165) is 0 Å². The monoisotopic (exact) mass is 562 g/mol. The highest BCUT2D eigenvalue weighted by molar-refractivity contribution is 5.86. The number of hydrogen-bond acceptors (Lipinski definition) is 10. The van der Waals surface area contributed by atoms with Crippen LogP contribution in [0.2, 0.25) is 0 Å². The number of epoxide rings is 1. The van der Waals surface area contributed by atoms with E-state index < -0.39 is 83.5 Å². The summed E-state index contributed by atoms with van der Waals surface area (Å²) in [4.78, 5) is 62.8. The van der Waals surface area contributed by atoms with Crippen LogP contribution in [0.4, 0.5) is 0 Å². The number of ketones is 1. The first-order valence-corrected chi connectivity index (χ1v) is 13.9. The fraction of sp³-hybridized carbons (Fsp3) is 0.700. The van der Waals surface area contributed by atoms with Gasteiger partial charge in [-0.15, -0.1) is 0 Å². The molecule has 10 heteroatoms. The highest BCUT2D eigenvalue weighted by Gasteiger charge is 2.67. The van der Waals surface area contributed by atoms with E-state index in [1.165, 1.54) is 19.9 Å². The van der Waals surface area contributed by atoms with Crippen LogP contribution in [-0.2, 0) is 47.7 Å². The second kappa shape index (κ2) is 12.2. The van der Waals surface area contributed by atoms with Gasteiger partial charge in [0.15, 0.2) is 6.10 Å². The minimum atomic E-state index is -1.04. The molecule has 10 atom stereocenters. The van der Waals surface area contributed by atoms with E-state index in [4.69, 9.17) is 23.7 Å². The maximum absolute atomic E-state index is 13.4. The molecule has 0 aromatic rings. The predicted octanol–water partition coefficient (Wildman–Crippen LogP) is 3.50. The fourth-order valence-corrected chi connectivity index (χ4v) is 6.10. The number of fused-ring (bicyclic) bond motifs is 1. The van der Waals surface area contributed by atoms with Crippen LogP contribution in [0.5, 0.6) is 0 Å². The van der Waals surface area contributed by atoms with Crippen LogP contribution in [0, 0.1) is 29.6 Å². The Labute approximate surface area is 235 Å². The summed E-state index contributed by atoms with van der Waals surface area (Å²) in [5.74, 6) is -4.68. The van der Waals surface area contributed by atoms with E-state index in [9.17, 15) is 24.0 Å². The summed E-state index contributed by atoms with van der Waals surface area (Å²) >= 11 is 0. The van der Waals surface area contributed by atoms with Crippen molar-refractivity contribution in [1.82, 2.24) is 0 Å². The highest BCUT2D eigenvalue weighted by Crippen LogP contribution is 2.58. The SMILES string of the molecule is C=C1[C@@H]2CC(=O)[C@H]([C@@H](C)OC(C)=O)[C@H]2[C@H]([C@@]2(C)CO2)[C@@H](OC(=O)C(C)CC)[C@H]1OC(=O)/C=C(\C)C(C)OC(C)=O. The van der Waals surface area contributed by atoms with Gasteiger partial charge < -0.3 is 23.7 Å². The molecule has 0 aromatic heterocycles. The number of Topliss-reactive ketones (excluding diaryl/α,β-unsaturated/α-hetero) is 1. The third kappa shape index (κ3) is 6.65. The van der Waals surface area contributed by atoms with Gasteiger partial charge in [0.2, 0.25) is 0 Å². The topological polar surface area (TPSA) is 135 Å². The van der Waals surface area contributed by atoms with Gasteiger partial charge in [-0.2, -0.15) is 0 Å². The van der Waals surface area contributed by atoms with Gasteiger partial charge in [-0.1, -0.05) is 20.4 Å². The standard InChI is InChI=1S/C30H42O10/c1-10-14(2)29(35)40-28-26(30(9)13-36-30)25-21(12-22(33)24(25)18(6)38-20(8)32)16(4)27(28)39-23(34)11-15(3)17(5)37-19(7)31/h11,14,17-18,21,24-28H,4,10,12-13H2,1-3,5-9H3/b15-11+/t14?,17?,18-,21+,24+,25+,26+,27+,28-,30-/m1/s1. The summed E-state index contributed by atoms with van der Waals surface area (Å²) in [5, 5.41) is 0. The van der Waals surface area contributed by atoms with Crippen molar-refractivity contribution in [3.63, 3.8) is 0 Å². The zero-order chi connectivity index (χ0) is 30.1. The maximum atomic E-state index is 13.4. The molecule has 3 fully saturated rings. The number of carbonyl (C=O) groups is 5. The molecule has 1 saturated heterocycles. The van der Waals surface area contributed by atoms with Gasteiger partial charge in [-0.3, -0.25) is 19.2 Å². The van der Waals surface area contributed by atoms with Gasteiger partial charge >= 0.3 is 23.9 Å². The van der Waals surface area contributed by atoms with Crippen molar-refractivity contribution in [2.24, 2.45) is 29.6 Å². The van der Waals surface area contributed by atoms with Crippen LogP contribution in [0.15, 0.2) is 23.8 Å². The molecular formula is C30H42O10. The molecule has 10 nitrogen and oxygen atoms in total. The average molecular weight is 563 g/mol. The maximum Gasteiger partial charge on any atom is 0.331 e. The number of ether oxygens (including phenoxy) is 5. The molecular weight excluding hydrogens is 520 g/mol. The second-order valence-electron chi connectivity index (χ2n) is 11.6. The molecule has 0 N–H and O–H groups in total. The number of carbonyl (C=O) groups excluding carboxylic acids is 5. The van der Waals surface area contributed by atoms with Gasteiger partial charge in [0.1, 0.15) is 24.1 Å². The fourth-order valence-electron chi connectivity index (χ4n) is 6.10. The van der Waals surface area contributed by atoms with Crippen LogP contribution in [0.25, 0.3) is 0 Å². The number of rotatable bonds is 10. The summed E-state index contributed by atoms with van der Waals surface area (Å²) in [6.07, 6.45) is -1.48. The number of esters is 4. The Morgan fingerprint density at radius 1 is 1.07 bits per heavy atom. The molecule has 2 unspecified atom stereocenters. The largest absolute Gasteiger partial charge is 0.462 e. The van der Waals surface area contributed by atoms with Gasteiger partial charge in [-0.25, -0.2) is 4.79 Å². The molecule has 1 aliphatic heterocycles. The van der Waals surface area contributed by atoms with Gasteiger partial charge in [-0.05, 0) is 57.1 Å². The first-order chi connectivity index (χ1) is 18.6. The zero-order valence-corrected chi connectivity index (χ0v) is 24.7.